The Labute approximate surface area is 148 Å². The van der Waals surface area contributed by atoms with E-state index in [0.717, 1.165) is 5.52 Å². The van der Waals surface area contributed by atoms with Gasteiger partial charge in [0.1, 0.15) is 5.76 Å². The predicted octanol–water partition coefficient (Wildman–Crippen LogP) is 3.02. The fraction of sp³-hybridized carbons (Fsp3) is 0.235. The SMILES string of the molecule is CCn1c(Cl)nc2cc(C(=O)NCc3ccc(C(=O)OC)o3)ccc21. The number of furan rings is 1. The number of rotatable bonds is 5. The number of aromatic nitrogens is 2. The number of nitrogens with zero attached hydrogens (tertiary/aromatic N) is 2. The summed E-state index contributed by atoms with van der Waals surface area (Å²) in [5.41, 5.74) is 1.99. The maximum atomic E-state index is 12.3. The summed E-state index contributed by atoms with van der Waals surface area (Å²) in [5, 5.41) is 3.12. The number of imidazole rings is 1. The third-order valence-electron chi connectivity index (χ3n) is 3.75. The summed E-state index contributed by atoms with van der Waals surface area (Å²) in [6, 6.07) is 8.32. The van der Waals surface area contributed by atoms with Gasteiger partial charge in [0.15, 0.2) is 0 Å². The Balaban J connectivity index is 1.72. The quantitative estimate of drug-likeness (QED) is 0.706. The first-order valence-corrected chi connectivity index (χ1v) is 8.02. The van der Waals surface area contributed by atoms with Crippen molar-refractivity contribution in [2.75, 3.05) is 7.11 Å². The molecule has 0 atom stereocenters. The molecule has 0 aliphatic heterocycles. The summed E-state index contributed by atoms with van der Waals surface area (Å²) in [6.07, 6.45) is 0. The Kier molecular flexibility index (Phi) is 4.76. The molecule has 8 heteroatoms. The van der Waals surface area contributed by atoms with E-state index in [1.165, 1.54) is 13.2 Å². The second-order valence-electron chi connectivity index (χ2n) is 5.27. The van der Waals surface area contributed by atoms with E-state index in [2.05, 4.69) is 15.0 Å². The average molecular weight is 362 g/mol. The van der Waals surface area contributed by atoms with Crippen LogP contribution in [0.2, 0.25) is 5.28 Å². The molecule has 25 heavy (non-hydrogen) atoms. The number of carbonyl (C=O) groups excluding carboxylic acids is 2. The van der Waals surface area contributed by atoms with E-state index in [4.69, 9.17) is 16.0 Å². The lowest BCUT2D eigenvalue weighted by molar-refractivity contribution is 0.0563. The lowest BCUT2D eigenvalue weighted by atomic mass is 10.2. The molecule has 2 aromatic heterocycles. The van der Waals surface area contributed by atoms with Crippen LogP contribution in [0.1, 0.15) is 33.6 Å². The van der Waals surface area contributed by atoms with Crippen molar-refractivity contribution in [3.63, 3.8) is 0 Å². The first kappa shape index (κ1) is 17.0. The molecule has 0 aliphatic carbocycles. The van der Waals surface area contributed by atoms with Gasteiger partial charge in [0.05, 0.1) is 24.7 Å². The van der Waals surface area contributed by atoms with E-state index in [9.17, 15) is 9.59 Å². The number of hydrogen-bond donors (Lipinski definition) is 1. The van der Waals surface area contributed by atoms with Gasteiger partial charge >= 0.3 is 5.97 Å². The van der Waals surface area contributed by atoms with Gasteiger partial charge < -0.3 is 19.0 Å². The van der Waals surface area contributed by atoms with Crippen LogP contribution in [0.4, 0.5) is 0 Å². The van der Waals surface area contributed by atoms with Gasteiger partial charge in [-0.1, -0.05) is 0 Å². The number of benzene rings is 1. The Morgan fingerprint density at radius 2 is 2.12 bits per heavy atom. The monoisotopic (exact) mass is 361 g/mol. The summed E-state index contributed by atoms with van der Waals surface area (Å²) in [7, 11) is 1.27. The van der Waals surface area contributed by atoms with Crippen LogP contribution < -0.4 is 5.32 Å². The Morgan fingerprint density at radius 1 is 1.32 bits per heavy atom. The van der Waals surface area contributed by atoms with E-state index in [1.54, 1.807) is 18.2 Å². The number of aryl methyl sites for hydroxylation is 1. The Bertz CT molecular complexity index is 945. The molecule has 3 aromatic rings. The van der Waals surface area contributed by atoms with Crippen LogP contribution in [-0.4, -0.2) is 28.5 Å². The van der Waals surface area contributed by atoms with Crippen LogP contribution in [-0.2, 0) is 17.8 Å². The van der Waals surface area contributed by atoms with Gasteiger partial charge in [-0.15, -0.1) is 0 Å². The molecule has 1 amide bonds. The second kappa shape index (κ2) is 6.98. The van der Waals surface area contributed by atoms with Crippen LogP contribution in [0, 0.1) is 0 Å². The lowest BCUT2D eigenvalue weighted by Crippen LogP contribution is -2.22. The highest BCUT2D eigenvalue weighted by Crippen LogP contribution is 2.21. The number of methoxy groups -OCH3 is 1. The molecule has 1 N–H and O–H groups in total. The first-order valence-electron chi connectivity index (χ1n) is 7.64. The number of ether oxygens (including phenoxy) is 1. The molecule has 0 unspecified atom stereocenters. The maximum Gasteiger partial charge on any atom is 0.373 e. The molecule has 3 rings (SSSR count). The third-order valence-corrected chi connectivity index (χ3v) is 4.04. The maximum absolute atomic E-state index is 12.3. The number of nitrogens with one attached hydrogen (secondary N) is 1. The zero-order valence-electron chi connectivity index (χ0n) is 13.7. The number of amides is 1. The van der Waals surface area contributed by atoms with Crippen molar-refractivity contribution in [3.8, 4) is 0 Å². The van der Waals surface area contributed by atoms with Crippen molar-refractivity contribution in [1.29, 1.82) is 0 Å². The molecule has 130 valence electrons. The summed E-state index contributed by atoms with van der Waals surface area (Å²) < 4.78 is 11.7. The van der Waals surface area contributed by atoms with E-state index in [-0.39, 0.29) is 18.2 Å². The van der Waals surface area contributed by atoms with Crippen LogP contribution >= 0.6 is 11.6 Å². The van der Waals surface area contributed by atoms with E-state index >= 15 is 0 Å². The van der Waals surface area contributed by atoms with Crippen molar-refractivity contribution in [1.82, 2.24) is 14.9 Å². The first-order chi connectivity index (χ1) is 12.0. The van der Waals surface area contributed by atoms with Crippen molar-refractivity contribution in [2.45, 2.75) is 20.0 Å². The van der Waals surface area contributed by atoms with Crippen LogP contribution in [0.3, 0.4) is 0 Å². The molecule has 1 aromatic carbocycles. The van der Waals surface area contributed by atoms with Crippen molar-refractivity contribution in [3.05, 3.63) is 52.7 Å². The second-order valence-corrected chi connectivity index (χ2v) is 5.61. The number of carbonyl (C=O) groups is 2. The van der Waals surface area contributed by atoms with Gasteiger partial charge in [-0.2, -0.15) is 0 Å². The van der Waals surface area contributed by atoms with Gasteiger partial charge in [0, 0.05) is 12.1 Å². The van der Waals surface area contributed by atoms with Gasteiger partial charge in [-0.3, -0.25) is 4.79 Å². The zero-order chi connectivity index (χ0) is 18.0. The normalized spacial score (nSPS) is 10.8. The molecule has 0 fully saturated rings. The summed E-state index contributed by atoms with van der Waals surface area (Å²) in [4.78, 5) is 27.9. The highest BCUT2D eigenvalue weighted by Gasteiger charge is 2.14. The van der Waals surface area contributed by atoms with Crippen LogP contribution in [0.5, 0.6) is 0 Å². The molecule has 0 bridgehead atoms. The van der Waals surface area contributed by atoms with Crippen molar-refractivity contribution >= 4 is 34.5 Å². The number of fused-ring (bicyclic) bond motifs is 1. The molecule has 0 aliphatic rings. The van der Waals surface area contributed by atoms with Crippen molar-refractivity contribution in [2.24, 2.45) is 0 Å². The fourth-order valence-electron chi connectivity index (χ4n) is 2.50. The molecule has 0 saturated carbocycles. The Hall–Kier alpha value is -2.80. The van der Waals surface area contributed by atoms with Gasteiger partial charge in [0.2, 0.25) is 11.0 Å². The summed E-state index contributed by atoms with van der Waals surface area (Å²) in [5.74, 6) is -0.299. The minimum atomic E-state index is -0.564. The van der Waals surface area contributed by atoms with E-state index in [0.29, 0.717) is 28.7 Å². The smallest absolute Gasteiger partial charge is 0.373 e. The molecular formula is C17H16ClN3O4. The van der Waals surface area contributed by atoms with Gasteiger partial charge in [-0.25, -0.2) is 9.78 Å². The minimum absolute atomic E-state index is 0.0907. The zero-order valence-corrected chi connectivity index (χ0v) is 14.5. The minimum Gasteiger partial charge on any atom is -0.463 e. The number of halogens is 1. The molecule has 2 heterocycles. The van der Waals surface area contributed by atoms with Crippen LogP contribution in [0.15, 0.2) is 34.7 Å². The molecule has 0 spiro atoms. The molecule has 0 saturated heterocycles. The third kappa shape index (κ3) is 3.36. The van der Waals surface area contributed by atoms with E-state index < -0.39 is 5.97 Å². The largest absolute Gasteiger partial charge is 0.463 e. The van der Waals surface area contributed by atoms with Crippen LogP contribution in [0.25, 0.3) is 11.0 Å². The standard InChI is InChI=1S/C17H16ClN3O4/c1-3-21-13-6-4-10(8-12(13)20-17(21)18)15(22)19-9-11-5-7-14(25-11)16(23)24-2/h4-8H,3,9H2,1-2H3,(H,19,22). The van der Waals surface area contributed by atoms with Gasteiger partial charge in [-0.05, 0) is 48.9 Å². The highest BCUT2D eigenvalue weighted by atomic mass is 35.5. The van der Waals surface area contributed by atoms with Gasteiger partial charge in [0.25, 0.3) is 5.91 Å². The van der Waals surface area contributed by atoms with E-state index in [1.807, 2.05) is 17.6 Å². The molecule has 0 radical (unpaired) electrons. The molecule has 7 nitrogen and oxygen atoms in total. The summed E-state index contributed by atoms with van der Waals surface area (Å²) in [6.45, 7) is 2.82. The fourth-order valence-corrected chi connectivity index (χ4v) is 2.80. The summed E-state index contributed by atoms with van der Waals surface area (Å²) >= 11 is 6.08. The Morgan fingerprint density at radius 3 is 2.84 bits per heavy atom. The number of esters is 1. The lowest BCUT2D eigenvalue weighted by Gasteiger charge is -2.04. The average Bonchev–Trinajstić information content (AvgIpc) is 3.21. The topological polar surface area (TPSA) is 86.4 Å². The molecular weight excluding hydrogens is 346 g/mol. The predicted molar refractivity (Wildman–Crippen MR) is 91.6 cm³/mol. The number of hydrogen-bond acceptors (Lipinski definition) is 5. The van der Waals surface area contributed by atoms with Crippen molar-refractivity contribution < 1.29 is 18.7 Å². The highest BCUT2D eigenvalue weighted by molar-refractivity contribution is 6.29.